The molecule has 2 aromatic rings. The zero-order chi connectivity index (χ0) is 13.6. The van der Waals surface area contributed by atoms with Gasteiger partial charge in [0.1, 0.15) is 5.82 Å². The highest BCUT2D eigenvalue weighted by Crippen LogP contribution is 2.36. The molecule has 0 unspecified atom stereocenters. The summed E-state index contributed by atoms with van der Waals surface area (Å²) in [6.45, 7) is 1.86. The van der Waals surface area contributed by atoms with Crippen LogP contribution >= 0.6 is 23.1 Å². The largest absolute Gasteiger partial charge is 0.318 e. The Hall–Kier alpha value is -1.73. The van der Waals surface area contributed by atoms with E-state index in [1.165, 1.54) is 29.2 Å². The van der Waals surface area contributed by atoms with E-state index < -0.39 is 17.5 Å². The van der Waals surface area contributed by atoms with Crippen molar-refractivity contribution in [3.63, 3.8) is 0 Å². The Balaban J connectivity index is 1.98. The molecule has 0 atom stereocenters. The lowest BCUT2D eigenvalue weighted by atomic mass is 10.1. The van der Waals surface area contributed by atoms with Crippen LogP contribution in [0.25, 0.3) is 0 Å². The van der Waals surface area contributed by atoms with Crippen molar-refractivity contribution < 1.29 is 14.0 Å². The minimum Gasteiger partial charge on any atom is -0.318 e. The van der Waals surface area contributed by atoms with Crippen molar-refractivity contribution in [1.82, 2.24) is 4.98 Å². The third kappa shape index (κ3) is 2.15. The fraction of sp³-hybridized carbons (Fsp3) is 0.0833. The Labute approximate surface area is 116 Å². The molecule has 1 aromatic heterocycles. The van der Waals surface area contributed by atoms with Crippen molar-refractivity contribution in [2.75, 3.05) is 5.32 Å². The van der Waals surface area contributed by atoms with E-state index in [0.29, 0.717) is 14.9 Å². The van der Waals surface area contributed by atoms with Gasteiger partial charge in [-0.15, -0.1) is 11.3 Å². The number of thiazole rings is 1. The fourth-order valence-corrected chi connectivity index (χ4v) is 3.54. The third-order valence-corrected chi connectivity index (χ3v) is 4.66. The maximum atomic E-state index is 13.9. The molecule has 2 heterocycles. The van der Waals surface area contributed by atoms with Gasteiger partial charge in [0.15, 0.2) is 4.34 Å². The first kappa shape index (κ1) is 12.3. The Morgan fingerprint density at radius 1 is 1.37 bits per heavy atom. The van der Waals surface area contributed by atoms with Gasteiger partial charge >= 0.3 is 0 Å². The van der Waals surface area contributed by atoms with E-state index in [4.69, 9.17) is 0 Å². The molecular weight excluding hydrogens is 287 g/mol. The molecule has 1 N–H and O–H groups in total. The van der Waals surface area contributed by atoms with Crippen LogP contribution < -0.4 is 5.32 Å². The molecule has 3 rings (SSSR count). The van der Waals surface area contributed by atoms with Crippen LogP contribution in [-0.2, 0) is 4.79 Å². The minimum absolute atomic E-state index is 0.0853. The molecule has 0 fully saturated rings. The monoisotopic (exact) mass is 294 g/mol. The van der Waals surface area contributed by atoms with E-state index in [-0.39, 0.29) is 5.56 Å². The molecule has 96 valence electrons. The van der Waals surface area contributed by atoms with Gasteiger partial charge < -0.3 is 5.32 Å². The minimum atomic E-state index is -0.721. The van der Waals surface area contributed by atoms with Crippen LogP contribution in [0.15, 0.2) is 26.7 Å². The molecular formula is C12H7FN2O2S2. The Bertz CT molecular complexity index is 712. The maximum absolute atomic E-state index is 13.9. The summed E-state index contributed by atoms with van der Waals surface area (Å²) in [5, 5.41) is 4.29. The van der Waals surface area contributed by atoms with Gasteiger partial charge in [0.2, 0.25) is 0 Å². The predicted molar refractivity (Wildman–Crippen MR) is 70.3 cm³/mol. The normalized spacial score (nSPS) is 13.6. The number of nitrogens with one attached hydrogen (secondary N) is 1. The predicted octanol–water partition coefficient (Wildman–Crippen LogP) is 2.88. The highest BCUT2D eigenvalue weighted by Gasteiger charge is 2.29. The van der Waals surface area contributed by atoms with Gasteiger partial charge in [-0.3, -0.25) is 9.59 Å². The standard InChI is InChI=1S/C12H7FN2O2S2/c1-5-4-18-12(14-5)19-9-3-8-6(2-7(9)13)10(16)11(17)15-8/h2-4H,1H3,(H,15,16,17). The van der Waals surface area contributed by atoms with E-state index in [0.717, 1.165) is 11.8 Å². The number of Topliss-reactive ketones (excluding diaryl/α,β-unsaturated/α-hetero) is 1. The van der Waals surface area contributed by atoms with Crippen LogP contribution in [0.5, 0.6) is 0 Å². The van der Waals surface area contributed by atoms with Crippen molar-refractivity contribution in [2.24, 2.45) is 0 Å². The molecule has 0 radical (unpaired) electrons. The number of hydrogen-bond donors (Lipinski definition) is 1. The van der Waals surface area contributed by atoms with Crippen LogP contribution in [0.1, 0.15) is 16.1 Å². The van der Waals surface area contributed by atoms with E-state index in [1.807, 2.05) is 12.3 Å². The molecule has 1 aliphatic rings. The summed E-state index contributed by atoms with van der Waals surface area (Å²) in [5.74, 6) is -1.95. The van der Waals surface area contributed by atoms with E-state index in [9.17, 15) is 14.0 Å². The van der Waals surface area contributed by atoms with E-state index >= 15 is 0 Å². The molecule has 0 saturated carbocycles. The zero-order valence-corrected chi connectivity index (χ0v) is 11.3. The number of amides is 1. The summed E-state index contributed by atoms with van der Waals surface area (Å²) in [6.07, 6.45) is 0. The summed E-state index contributed by atoms with van der Waals surface area (Å²) in [4.78, 5) is 27.2. The van der Waals surface area contributed by atoms with Gasteiger partial charge in [0, 0.05) is 11.1 Å². The molecule has 1 aliphatic heterocycles. The first-order chi connectivity index (χ1) is 9.04. The number of fused-ring (bicyclic) bond motifs is 1. The molecule has 0 spiro atoms. The lowest BCUT2D eigenvalue weighted by molar-refractivity contribution is -0.112. The molecule has 0 bridgehead atoms. The lowest BCUT2D eigenvalue weighted by Crippen LogP contribution is -2.12. The van der Waals surface area contributed by atoms with Crippen molar-refractivity contribution in [3.8, 4) is 0 Å². The molecule has 19 heavy (non-hydrogen) atoms. The lowest BCUT2D eigenvalue weighted by Gasteiger charge is -2.03. The van der Waals surface area contributed by atoms with Crippen LogP contribution in [-0.4, -0.2) is 16.7 Å². The second-order valence-electron chi connectivity index (χ2n) is 3.97. The zero-order valence-electron chi connectivity index (χ0n) is 9.69. The smallest absolute Gasteiger partial charge is 0.296 e. The summed E-state index contributed by atoms with van der Waals surface area (Å²) in [7, 11) is 0. The molecule has 4 nitrogen and oxygen atoms in total. The number of ketones is 1. The molecule has 0 aliphatic carbocycles. The van der Waals surface area contributed by atoms with Crippen LogP contribution in [0.3, 0.4) is 0 Å². The first-order valence-electron chi connectivity index (χ1n) is 5.34. The number of aromatic nitrogens is 1. The fourth-order valence-electron chi connectivity index (χ4n) is 1.70. The van der Waals surface area contributed by atoms with Gasteiger partial charge in [-0.25, -0.2) is 9.37 Å². The quantitative estimate of drug-likeness (QED) is 0.865. The van der Waals surface area contributed by atoms with Crippen LogP contribution in [0.4, 0.5) is 10.1 Å². The number of aryl methyl sites for hydroxylation is 1. The molecule has 1 aromatic carbocycles. The third-order valence-electron chi connectivity index (χ3n) is 2.57. The van der Waals surface area contributed by atoms with E-state index in [1.54, 1.807) is 0 Å². The van der Waals surface area contributed by atoms with Crippen molar-refractivity contribution in [3.05, 3.63) is 34.6 Å². The highest BCUT2D eigenvalue weighted by molar-refractivity contribution is 8.01. The van der Waals surface area contributed by atoms with Crippen LogP contribution in [0.2, 0.25) is 0 Å². The number of hydrogen-bond acceptors (Lipinski definition) is 5. The van der Waals surface area contributed by atoms with Gasteiger partial charge in [0.25, 0.3) is 11.7 Å². The summed E-state index contributed by atoms with van der Waals surface area (Å²) >= 11 is 2.59. The molecule has 0 saturated heterocycles. The number of carbonyl (C=O) groups excluding carboxylic acids is 2. The number of benzene rings is 1. The summed E-state index contributed by atoms with van der Waals surface area (Å²) < 4.78 is 14.6. The van der Waals surface area contributed by atoms with Gasteiger partial charge in [-0.1, -0.05) is 11.8 Å². The van der Waals surface area contributed by atoms with Gasteiger partial charge in [-0.05, 0) is 19.1 Å². The van der Waals surface area contributed by atoms with Crippen LogP contribution in [0, 0.1) is 12.7 Å². The number of halogens is 1. The van der Waals surface area contributed by atoms with Gasteiger partial charge in [-0.2, -0.15) is 0 Å². The maximum Gasteiger partial charge on any atom is 0.296 e. The number of rotatable bonds is 2. The van der Waals surface area contributed by atoms with Crippen molar-refractivity contribution >= 4 is 40.5 Å². The van der Waals surface area contributed by atoms with Crippen molar-refractivity contribution in [2.45, 2.75) is 16.2 Å². The molecule has 1 amide bonds. The Kier molecular flexibility index (Phi) is 2.87. The highest BCUT2D eigenvalue weighted by atomic mass is 32.2. The second-order valence-corrected chi connectivity index (χ2v) is 6.12. The number of carbonyl (C=O) groups is 2. The first-order valence-corrected chi connectivity index (χ1v) is 7.03. The van der Waals surface area contributed by atoms with Gasteiger partial charge in [0.05, 0.1) is 16.1 Å². The second kappa shape index (κ2) is 4.43. The average Bonchev–Trinajstić information content (AvgIpc) is 2.87. The summed E-state index contributed by atoms with van der Waals surface area (Å²) in [5.41, 5.74) is 1.31. The number of nitrogens with zero attached hydrogens (tertiary/aromatic N) is 1. The SMILES string of the molecule is Cc1csc(Sc2cc3c(cc2F)C(=O)C(=O)N3)n1. The van der Waals surface area contributed by atoms with E-state index in [2.05, 4.69) is 10.3 Å². The Morgan fingerprint density at radius 2 is 2.16 bits per heavy atom. The average molecular weight is 294 g/mol. The number of anilines is 1. The molecule has 7 heteroatoms. The Morgan fingerprint density at radius 3 is 2.84 bits per heavy atom. The van der Waals surface area contributed by atoms with Crippen molar-refractivity contribution in [1.29, 1.82) is 0 Å². The summed E-state index contributed by atoms with van der Waals surface area (Å²) in [6, 6.07) is 2.56. The topological polar surface area (TPSA) is 59.1 Å².